The minimum Gasteiger partial charge on any atom is -0.389 e. The van der Waals surface area contributed by atoms with E-state index in [0.29, 0.717) is 31.0 Å². The van der Waals surface area contributed by atoms with Gasteiger partial charge in [-0.2, -0.15) is 0 Å². The van der Waals surface area contributed by atoms with Crippen molar-refractivity contribution in [1.29, 1.82) is 0 Å². The Balaban J connectivity index is 2.08. The molecule has 0 amide bonds. The van der Waals surface area contributed by atoms with Crippen molar-refractivity contribution in [2.24, 2.45) is 11.8 Å². The van der Waals surface area contributed by atoms with Crippen LogP contribution in [0.15, 0.2) is 12.2 Å². The number of aliphatic hydroxyl groups excluding tert-OH is 1. The molecule has 3 unspecified atom stereocenters. The third-order valence-corrected chi connectivity index (χ3v) is 3.32. The van der Waals surface area contributed by atoms with Crippen LogP contribution in [0.5, 0.6) is 0 Å². The molecule has 3 heteroatoms. The third-order valence-electron chi connectivity index (χ3n) is 3.32. The second-order valence-corrected chi connectivity index (χ2v) is 5.43. The number of hydrogen-bond donors (Lipinski definition) is 2. The van der Waals surface area contributed by atoms with Crippen LogP contribution in [0, 0.1) is 11.8 Å². The lowest BCUT2D eigenvalue weighted by Gasteiger charge is -2.25. The first kappa shape index (κ1) is 14.7. The summed E-state index contributed by atoms with van der Waals surface area (Å²) in [5, 5.41) is 12.9. The number of nitrogens with one attached hydrogen (secondary N) is 1. The van der Waals surface area contributed by atoms with Crippen LogP contribution >= 0.6 is 0 Å². The van der Waals surface area contributed by atoms with E-state index in [4.69, 9.17) is 4.74 Å². The van der Waals surface area contributed by atoms with Gasteiger partial charge in [0.2, 0.25) is 0 Å². The summed E-state index contributed by atoms with van der Waals surface area (Å²) in [7, 11) is 0. The third kappa shape index (κ3) is 6.20. The van der Waals surface area contributed by atoms with E-state index in [-0.39, 0.29) is 0 Å². The van der Waals surface area contributed by atoms with Gasteiger partial charge in [-0.3, -0.25) is 0 Å². The Morgan fingerprint density at radius 3 is 2.71 bits per heavy atom. The van der Waals surface area contributed by atoms with E-state index in [9.17, 15) is 5.11 Å². The molecule has 0 radical (unpaired) electrons. The standard InChI is InChI=1S/C14H27NO2/c1-11(2)15-8-14(16)10-17-9-13-7-5-4-6-12(13)3/h4-5,11-16H,6-10H2,1-3H3. The van der Waals surface area contributed by atoms with Gasteiger partial charge in [0.25, 0.3) is 0 Å². The summed E-state index contributed by atoms with van der Waals surface area (Å²) < 4.78 is 5.61. The molecule has 0 aromatic carbocycles. The van der Waals surface area contributed by atoms with E-state index >= 15 is 0 Å². The van der Waals surface area contributed by atoms with Crippen molar-refractivity contribution in [3.05, 3.63) is 12.2 Å². The zero-order valence-corrected chi connectivity index (χ0v) is 11.4. The highest BCUT2D eigenvalue weighted by Gasteiger charge is 2.18. The molecule has 2 N–H and O–H groups in total. The Hall–Kier alpha value is -0.380. The lowest BCUT2D eigenvalue weighted by atomic mass is 9.85. The molecule has 1 aliphatic carbocycles. The number of allylic oxidation sites excluding steroid dienone is 2. The summed E-state index contributed by atoms with van der Waals surface area (Å²) in [6, 6.07) is 0.410. The molecule has 3 nitrogen and oxygen atoms in total. The van der Waals surface area contributed by atoms with Gasteiger partial charge >= 0.3 is 0 Å². The van der Waals surface area contributed by atoms with E-state index in [0.717, 1.165) is 19.4 Å². The fourth-order valence-electron chi connectivity index (χ4n) is 2.03. The van der Waals surface area contributed by atoms with Gasteiger partial charge in [-0.15, -0.1) is 0 Å². The Morgan fingerprint density at radius 2 is 2.06 bits per heavy atom. The molecule has 0 saturated heterocycles. The molecule has 0 bridgehead atoms. The number of ether oxygens (including phenoxy) is 1. The molecule has 0 aromatic rings. The van der Waals surface area contributed by atoms with Crippen LogP contribution in [0.25, 0.3) is 0 Å². The first-order chi connectivity index (χ1) is 8.09. The van der Waals surface area contributed by atoms with Crippen molar-refractivity contribution in [2.45, 2.75) is 45.8 Å². The number of hydrogen-bond acceptors (Lipinski definition) is 3. The van der Waals surface area contributed by atoms with Gasteiger partial charge in [0, 0.05) is 12.6 Å². The Bertz CT molecular complexity index is 228. The molecule has 0 heterocycles. The summed E-state index contributed by atoms with van der Waals surface area (Å²) in [5.41, 5.74) is 0. The summed E-state index contributed by atoms with van der Waals surface area (Å²) in [4.78, 5) is 0. The molecule has 0 fully saturated rings. The van der Waals surface area contributed by atoms with Crippen molar-refractivity contribution >= 4 is 0 Å². The average Bonchev–Trinajstić information content (AvgIpc) is 2.29. The fraction of sp³-hybridized carbons (Fsp3) is 0.857. The molecule has 0 saturated carbocycles. The van der Waals surface area contributed by atoms with Gasteiger partial charge in [-0.25, -0.2) is 0 Å². The smallest absolute Gasteiger partial charge is 0.0897 e. The molecule has 100 valence electrons. The maximum absolute atomic E-state index is 9.69. The van der Waals surface area contributed by atoms with Crippen molar-refractivity contribution in [2.75, 3.05) is 19.8 Å². The average molecular weight is 241 g/mol. The van der Waals surface area contributed by atoms with E-state index in [2.05, 4.69) is 38.2 Å². The van der Waals surface area contributed by atoms with Crippen LogP contribution in [0.2, 0.25) is 0 Å². The van der Waals surface area contributed by atoms with E-state index in [1.165, 1.54) is 0 Å². The molecule has 17 heavy (non-hydrogen) atoms. The fourth-order valence-corrected chi connectivity index (χ4v) is 2.03. The van der Waals surface area contributed by atoms with Crippen LogP contribution in [-0.4, -0.2) is 37.0 Å². The van der Waals surface area contributed by atoms with Gasteiger partial charge in [0.05, 0.1) is 19.3 Å². The van der Waals surface area contributed by atoms with Crippen molar-refractivity contribution < 1.29 is 9.84 Å². The summed E-state index contributed by atoms with van der Waals surface area (Å²) in [6.45, 7) is 8.23. The lowest BCUT2D eigenvalue weighted by molar-refractivity contribution is 0.0122. The van der Waals surface area contributed by atoms with Gasteiger partial charge in [0.1, 0.15) is 0 Å². The van der Waals surface area contributed by atoms with E-state index in [1.54, 1.807) is 0 Å². The van der Waals surface area contributed by atoms with E-state index in [1.807, 2.05) is 0 Å². The number of aliphatic hydroxyl groups is 1. The summed E-state index contributed by atoms with van der Waals surface area (Å²) in [6.07, 6.45) is 6.37. The normalized spacial score (nSPS) is 26.4. The summed E-state index contributed by atoms with van der Waals surface area (Å²) in [5.74, 6) is 1.32. The van der Waals surface area contributed by atoms with Crippen molar-refractivity contribution in [3.63, 3.8) is 0 Å². The number of rotatable bonds is 7. The molecule has 1 rings (SSSR count). The van der Waals surface area contributed by atoms with Crippen LogP contribution in [0.1, 0.15) is 33.6 Å². The molecule has 0 aromatic heterocycles. The quantitative estimate of drug-likeness (QED) is 0.670. The zero-order chi connectivity index (χ0) is 12.7. The highest BCUT2D eigenvalue weighted by atomic mass is 16.5. The van der Waals surface area contributed by atoms with Gasteiger partial charge < -0.3 is 15.2 Å². The SMILES string of the molecule is CC(C)NCC(O)COCC1CC=CCC1C. The van der Waals surface area contributed by atoms with Gasteiger partial charge in [0.15, 0.2) is 0 Å². The van der Waals surface area contributed by atoms with Crippen LogP contribution < -0.4 is 5.32 Å². The zero-order valence-electron chi connectivity index (χ0n) is 11.4. The van der Waals surface area contributed by atoms with Crippen LogP contribution in [0.4, 0.5) is 0 Å². The molecule has 3 atom stereocenters. The minimum absolute atomic E-state index is 0.396. The predicted molar refractivity (Wildman–Crippen MR) is 71.0 cm³/mol. The largest absolute Gasteiger partial charge is 0.389 e. The van der Waals surface area contributed by atoms with Crippen LogP contribution in [-0.2, 0) is 4.74 Å². The summed E-state index contributed by atoms with van der Waals surface area (Å²) >= 11 is 0. The maximum atomic E-state index is 9.69. The Morgan fingerprint density at radius 1 is 1.35 bits per heavy atom. The lowest BCUT2D eigenvalue weighted by Crippen LogP contribution is -2.35. The Labute approximate surface area is 105 Å². The maximum Gasteiger partial charge on any atom is 0.0897 e. The molecule has 0 aliphatic heterocycles. The topological polar surface area (TPSA) is 41.5 Å². The van der Waals surface area contributed by atoms with Crippen LogP contribution in [0.3, 0.4) is 0 Å². The highest BCUT2D eigenvalue weighted by Crippen LogP contribution is 2.24. The van der Waals surface area contributed by atoms with E-state index < -0.39 is 6.10 Å². The highest BCUT2D eigenvalue weighted by molar-refractivity contribution is 4.93. The first-order valence-electron chi connectivity index (χ1n) is 6.73. The second kappa shape index (κ2) is 7.85. The molecular weight excluding hydrogens is 214 g/mol. The predicted octanol–water partition coefficient (Wildman–Crippen LogP) is 1.96. The first-order valence-corrected chi connectivity index (χ1v) is 6.73. The molecular formula is C14H27NO2. The van der Waals surface area contributed by atoms with Gasteiger partial charge in [-0.1, -0.05) is 32.9 Å². The monoisotopic (exact) mass is 241 g/mol. The molecule has 0 spiro atoms. The second-order valence-electron chi connectivity index (χ2n) is 5.43. The Kier molecular flexibility index (Phi) is 6.78. The minimum atomic E-state index is -0.396. The molecule has 1 aliphatic rings. The van der Waals surface area contributed by atoms with Crippen molar-refractivity contribution in [1.82, 2.24) is 5.32 Å². The van der Waals surface area contributed by atoms with Crippen molar-refractivity contribution in [3.8, 4) is 0 Å². The van der Waals surface area contributed by atoms with Gasteiger partial charge in [-0.05, 0) is 24.7 Å².